The van der Waals surface area contributed by atoms with Gasteiger partial charge in [0, 0.05) is 21.7 Å². The van der Waals surface area contributed by atoms with Crippen LogP contribution >= 0.6 is 15.9 Å². The van der Waals surface area contributed by atoms with E-state index in [1.807, 2.05) is 24.3 Å². The van der Waals surface area contributed by atoms with Crippen molar-refractivity contribution >= 4 is 21.7 Å². The van der Waals surface area contributed by atoms with E-state index in [2.05, 4.69) is 21.1 Å². The molecule has 0 bridgehead atoms. The first-order valence-corrected chi connectivity index (χ1v) is 6.82. The molecule has 0 fully saturated rings. The molecule has 21 heavy (non-hydrogen) atoms. The van der Waals surface area contributed by atoms with Crippen LogP contribution in [0.2, 0.25) is 0 Å². The third kappa shape index (κ3) is 2.54. The number of benzene rings is 2. The molecule has 0 aliphatic rings. The second-order valence-corrected chi connectivity index (χ2v) is 5.26. The van der Waals surface area contributed by atoms with Crippen molar-refractivity contribution in [3.63, 3.8) is 0 Å². The fourth-order valence-corrected chi connectivity index (χ4v) is 2.59. The number of nitrogens with zero attached hydrogens (tertiary/aromatic N) is 1. The van der Waals surface area contributed by atoms with Gasteiger partial charge in [-0.1, -0.05) is 39.3 Å². The third-order valence-electron chi connectivity index (χ3n) is 2.99. The number of hydrogen-bond donors (Lipinski definition) is 1. The molecule has 1 aromatic heterocycles. The Morgan fingerprint density at radius 2 is 1.71 bits per heavy atom. The normalized spacial score (nSPS) is 10.8. The third-order valence-corrected chi connectivity index (χ3v) is 3.68. The highest BCUT2D eigenvalue weighted by Crippen LogP contribution is 2.40. The lowest BCUT2D eigenvalue weighted by molar-refractivity contribution is 0.435. The van der Waals surface area contributed by atoms with Gasteiger partial charge in [-0.25, -0.2) is 8.78 Å². The van der Waals surface area contributed by atoms with Crippen LogP contribution in [-0.2, 0) is 0 Å². The van der Waals surface area contributed by atoms with Crippen LogP contribution in [0.3, 0.4) is 0 Å². The van der Waals surface area contributed by atoms with Crippen molar-refractivity contribution in [2.75, 3.05) is 5.73 Å². The van der Waals surface area contributed by atoms with Crippen LogP contribution in [0.5, 0.6) is 0 Å². The average molecular weight is 351 g/mol. The molecule has 0 aliphatic carbocycles. The maximum atomic E-state index is 13.4. The van der Waals surface area contributed by atoms with E-state index >= 15 is 0 Å². The molecule has 0 saturated carbocycles. The van der Waals surface area contributed by atoms with E-state index in [9.17, 15) is 8.78 Å². The van der Waals surface area contributed by atoms with Crippen molar-refractivity contribution in [3.8, 4) is 22.5 Å². The summed E-state index contributed by atoms with van der Waals surface area (Å²) in [5.74, 6) is -1.02. The summed E-state index contributed by atoms with van der Waals surface area (Å²) in [6, 6.07) is 10.4. The Hall–Kier alpha value is -2.21. The average Bonchev–Trinajstić information content (AvgIpc) is 2.80. The van der Waals surface area contributed by atoms with Crippen LogP contribution in [-0.4, -0.2) is 5.16 Å². The van der Waals surface area contributed by atoms with Crippen LogP contribution in [0, 0.1) is 11.6 Å². The van der Waals surface area contributed by atoms with Gasteiger partial charge >= 0.3 is 0 Å². The van der Waals surface area contributed by atoms with Gasteiger partial charge in [0.05, 0.1) is 5.56 Å². The predicted molar refractivity (Wildman–Crippen MR) is 79.4 cm³/mol. The van der Waals surface area contributed by atoms with E-state index in [-0.39, 0.29) is 17.1 Å². The zero-order chi connectivity index (χ0) is 15.0. The maximum absolute atomic E-state index is 13.4. The van der Waals surface area contributed by atoms with Crippen molar-refractivity contribution in [1.82, 2.24) is 5.16 Å². The van der Waals surface area contributed by atoms with Crippen LogP contribution in [0.4, 0.5) is 14.6 Å². The van der Waals surface area contributed by atoms with Gasteiger partial charge in [0.1, 0.15) is 11.6 Å². The first-order valence-electron chi connectivity index (χ1n) is 6.03. The van der Waals surface area contributed by atoms with Gasteiger partial charge in [-0.2, -0.15) is 0 Å². The molecule has 2 N–H and O–H groups in total. The van der Waals surface area contributed by atoms with E-state index in [1.54, 1.807) is 0 Å². The molecular weight excluding hydrogens is 342 g/mol. The van der Waals surface area contributed by atoms with Crippen LogP contribution in [0.1, 0.15) is 0 Å². The molecule has 0 spiro atoms. The lowest BCUT2D eigenvalue weighted by Gasteiger charge is -2.05. The molecule has 0 saturated heterocycles. The molecular formula is C15H9BrF2N2O. The molecule has 3 rings (SSSR count). The van der Waals surface area contributed by atoms with Gasteiger partial charge in [0.2, 0.25) is 0 Å². The summed E-state index contributed by atoms with van der Waals surface area (Å²) in [4.78, 5) is 0. The number of rotatable bonds is 2. The Morgan fingerprint density at radius 3 is 2.38 bits per heavy atom. The summed E-state index contributed by atoms with van der Waals surface area (Å²) in [5.41, 5.74) is 7.31. The molecule has 1 heterocycles. The molecule has 0 radical (unpaired) electrons. The molecule has 0 amide bonds. The van der Waals surface area contributed by atoms with Crippen molar-refractivity contribution in [3.05, 3.63) is 58.6 Å². The minimum atomic E-state index is -0.696. The number of hydrogen-bond acceptors (Lipinski definition) is 3. The standard InChI is InChI=1S/C15H9BrF2N2O/c16-12-4-2-1-3-11(12)13-14(21-20-15(13)19)8-5-9(17)7-10(18)6-8/h1-7H,(H2,19,20). The molecule has 0 unspecified atom stereocenters. The minimum Gasteiger partial charge on any atom is -0.380 e. The summed E-state index contributed by atoms with van der Waals surface area (Å²) >= 11 is 3.41. The van der Waals surface area contributed by atoms with Crippen LogP contribution in [0.25, 0.3) is 22.5 Å². The van der Waals surface area contributed by atoms with E-state index < -0.39 is 11.6 Å². The monoisotopic (exact) mass is 350 g/mol. The summed E-state index contributed by atoms with van der Waals surface area (Å²) in [5, 5.41) is 3.71. The van der Waals surface area contributed by atoms with Crippen molar-refractivity contribution in [1.29, 1.82) is 0 Å². The lowest BCUT2D eigenvalue weighted by atomic mass is 10.0. The quantitative estimate of drug-likeness (QED) is 0.732. The van der Waals surface area contributed by atoms with E-state index in [4.69, 9.17) is 10.3 Å². The van der Waals surface area contributed by atoms with Gasteiger partial charge in [-0.15, -0.1) is 0 Å². The smallest absolute Gasteiger partial charge is 0.177 e. The molecule has 3 aromatic rings. The van der Waals surface area contributed by atoms with Crippen LogP contribution < -0.4 is 5.73 Å². The molecule has 0 atom stereocenters. The van der Waals surface area contributed by atoms with Gasteiger partial charge in [0.15, 0.2) is 11.6 Å². The number of aromatic nitrogens is 1. The SMILES string of the molecule is Nc1noc(-c2cc(F)cc(F)c2)c1-c1ccccc1Br. The van der Waals surface area contributed by atoms with E-state index in [1.165, 1.54) is 12.1 Å². The summed E-state index contributed by atoms with van der Waals surface area (Å²) in [6.45, 7) is 0. The topological polar surface area (TPSA) is 52.0 Å². The number of nitrogens with two attached hydrogens (primary N) is 1. The van der Waals surface area contributed by atoms with Crippen molar-refractivity contribution in [2.24, 2.45) is 0 Å². The van der Waals surface area contributed by atoms with E-state index in [0.717, 1.165) is 16.1 Å². The second kappa shape index (κ2) is 5.29. The summed E-state index contributed by atoms with van der Waals surface area (Å²) in [7, 11) is 0. The highest BCUT2D eigenvalue weighted by atomic mass is 79.9. The zero-order valence-corrected chi connectivity index (χ0v) is 12.2. The highest BCUT2D eigenvalue weighted by Gasteiger charge is 2.20. The van der Waals surface area contributed by atoms with Gasteiger partial charge in [-0.3, -0.25) is 0 Å². The molecule has 2 aromatic carbocycles. The molecule has 6 heteroatoms. The Labute approximate surface area is 127 Å². The molecule has 3 nitrogen and oxygen atoms in total. The van der Waals surface area contributed by atoms with Gasteiger partial charge in [-0.05, 0) is 18.2 Å². The first kappa shape index (κ1) is 13.8. The lowest BCUT2D eigenvalue weighted by Crippen LogP contribution is -1.90. The predicted octanol–water partition coefficient (Wildman–Crippen LogP) is 4.63. The van der Waals surface area contributed by atoms with Crippen LogP contribution in [0.15, 0.2) is 51.5 Å². The number of halogens is 3. The fraction of sp³-hybridized carbons (Fsp3) is 0. The maximum Gasteiger partial charge on any atom is 0.177 e. The number of nitrogen functional groups attached to an aromatic ring is 1. The summed E-state index contributed by atoms with van der Waals surface area (Å²) < 4.78 is 32.7. The largest absolute Gasteiger partial charge is 0.380 e. The van der Waals surface area contributed by atoms with Crippen molar-refractivity contribution < 1.29 is 13.3 Å². The Bertz CT molecular complexity index is 797. The molecule has 0 aliphatic heterocycles. The van der Waals surface area contributed by atoms with Gasteiger partial charge in [0.25, 0.3) is 0 Å². The fourth-order valence-electron chi connectivity index (χ4n) is 2.11. The Balaban J connectivity index is 2.24. The zero-order valence-electron chi connectivity index (χ0n) is 10.6. The Morgan fingerprint density at radius 1 is 1.05 bits per heavy atom. The summed E-state index contributed by atoms with van der Waals surface area (Å²) in [6.07, 6.45) is 0. The highest BCUT2D eigenvalue weighted by molar-refractivity contribution is 9.10. The molecule has 106 valence electrons. The van der Waals surface area contributed by atoms with E-state index in [0.29, 0.717) is 5.56 Å². The first-order chi connectivity index (χ1) is 10.1. The number of anilines is 1. The minimum absolute atomic E-state index is 0.154. The Kier molecular flexibility index (Phi) is 3.47. The van der Waals surface area contributed by atoms with Gasteiger partial charge < -0.3 is 10.3 Å². The second-order valence-electron chi connectivity index (χ2n) is 4.41. The van der Waals surface area contributed by atoms with Crippen molar-refractivity contribution in [2.45, 2.75) is 0 Å².